The summed E-state index contributed by atoms with van der Waals surface area (Å²) in [6, 6.07) is 8.86. The third kappa shape index (κ3) is 3.38. The van der Waals surface area contributed by atoms with Crippen LogP contribution in [0, 0.1) is 6.92 Å². The van der Waals surface area contributed by atoms with E-state index in [0.29, 0.717) is 46.6 Å². The minimum absolute atomic E-state index is 0.0821. The summed E-state index contributed by atoms with van der Waals surface area (Å²) >= 11 is 1.40. The van der Waals surface area contributed by atoms with Crippen molar-refractivity contribution in [1.82, 2.24) is 4.98 Å². The summed E-state index contributed by atoms with van der Waals surface area (Å²) in [6.45, 7) is 2.52. The number of methoxy groups -OCH3 is 1. The molecule has 0 radical (unpaired) electrons. The SMILES string of the molecule is COc1cc(NC(=O)c2nc(-c3ccco3)sc2C)ccc1N1CCCC1=O. The lowest BCUT2D eigenvalue weighted by molar-refractivity contribution is -0.117. The lowest BCUT2D eigenvalue weighted by atomic mass is 10.2. The third-order valence-corrected chi connectivity index (χ3v) is 5.53. The minimum Gasteiger partial charge on any atom is -0.494 e. The second kappa shape index (κ2) is 7.47. The number of hydrogen-bond acceptors (Lipinski definition) is 6. The first-order valence-corrected chi connectivity index (χ1v) is 9.69. The Bertz CT molecular complexity index is 1030. The fourth-order valence-corrected chi connectivity index (χ4v) is 4.06. The van der Waals surface area contributed by atoms with Crippen molar-refractivity contribution in [3.63, 3.8) is 0 Å². The normalized spacial score (nSPS) is 13.8. The molecular formula is C20H19N3O4S. The quantitative estimate of drug-likeness (QED) is 0.701. The standard InChI is InChI=1S/C20H19N3O4S/c1-12-18(22-20(28-12)15-5-4-10-27-15)19(25)21-13-7-8-14(16(11-13)26-2)23-9-3-6-17(23)24/h4-5,7-8,10-11H,3,6,9H2,1-2H3,(H,21,25). The highest BCUT2D eigenvalue weighted by Crippen LogP contribution is 2.34. The summed E-state index contributed by atoms with van der Waals surface area (Å²) in [4.78, 5) is 31.6. The van der Waals surface area contributed by atoms with Gasteiger partial charge in [0.05, 0.1) is 19.1 Å². The van der Waals surface area contributed by atoms with E-state index < -0.39 is 0 Å². The molecule has 1 aliphatic heterocycles. The molecule has 0 atom stereocenters. The number of rotatable bonds is 5. The molecule has 1 aromatic carbocycles. The number of aryl methyl sites for hydroxylation is 1. The zero-order valence-corrected chi connectivity index (χ0v) is 16.3. The Morgan fingerprint density at radius 1 is 1.36 bits per heavy atom. The Morgan fingerprint density at radius 3 is 2.89 bits per heavy atom. The Labute approximate surface area is 165 Å². The highest BCUT2D eigenvalue weighted by molar-refractivity contribution is 7.15. The molecule has 3 heterocycles. The molecule has 0 saturated carbocycles. The number of aromatic nitrogens is 1. The average molecular weight is 397 g/mol. The molecule has 144 valence electrons. The Balaban J connectivity index is 1.56. The maximum atomic E-state index is 12.7. The molecule has 28 heavy (non-hydrogen) atoms. The number of amides is 2. The van der Waals surface area contributed by atoms with Gasteiger partial charge in [0.25, 0.3) is 5.91 Å². The van der Waals surface area contributed by atoms with Crippen LogP contribution in [0.1, 0.15) is 28.2 Å². The fraction of sp³-hybridized carbons (Fsp3) is 0.250. The van der Waals surface area contributed by atoms with E-state index in [-0.39, 0.29) is 11.8 Å². The molecular weight excluding hydrogens is 378 g/mol. The Morgan fingerprint density at radius 2 is 2.21 bits per heavy atom. The molecule has 4 rings (SSSR count). The topological polar surface area (TPSA) is 84.7 Å². The van der Waals surface area contributed by atoms with Gasteiger partial charge in [0.1, 0.15) is 11.4 Å². The van der Waals surface area contributed by atoms with Crippen molar-refractivity contribution < 1.29 is 18.7 Å². The van der Waals surface area contributed by atoms with Crippen molar-refractivity contribution in [2.75, 3.05) is 23.9 Å². The van der Waals surface area contributed by atoms with E-state index in [1.807, 2.05) is 13.0 Å². The van der Waals surface area contributed by atoms with Crippen LogP contribution in [0.4, 0.5) is 11.4 Å². The molecule has 0 aliphatic carbocycles. The lowest BCUT2D eigenvalue weighted by Gasteiger charge is -2.19. The second-order valence-corrected chi connectivity index (χ2v) is 7.59. The van der Waals surface area contributed by atoms with Crippen LogP contribution in [0.5, 0.6) is 5.75 Å². The Hall–Kier alpha value is -3.13. The highest BCUT2D eigenvalue weighted by Gasteiger charge is 2.25. The first kappa shape index (κ1) is 18.2. The number of nitrogens with one attached hydrogen (secondary N) is 1. The van der Waals surface area contributed by atoms with Crippen LogP contribution < -0.4 is 15.0 Å². The molecule has 1 saturated heterocycles. The van der Waals surface area contributed by atoms with E-state index in [1.54, 1.807) is 42.5 Å². The van der Waals surface area contributed by atoms with Crippen molar-refractivity contribution in [1.29, 1.82) is 0 Å². The lowest BCUT2D eigenvalue weighted by Crippen LogP contribution is -2.24. The average Bonchev–Trinajstić information content (AvgIpc) is 3.42. The maximum Gasteiger partial charge on any atom is 0.275 e. The Kier molecular flexibility index (Phi) is 4.87. The van der Waals surface area contributed by atoms with E-state index >= 15 is 0 Å². The molecule has 1 aliphatic rings. The van der Waals surface area contributed by atoms with Crippen molar-refractivity contribution in [2.45, 2.75) is 19.8 Å². The molecule has 2 aromatic heterocycles. The predicted molar refractivity (Wildman–Crippen MR) is 107 cm³/mol. The summed E-state index contributed by atoms with van der Waals surface area (Å²) in [5, 5.41) is 3.51. The molecule has 3 aromatic rings. The van der Waals surface area contributed by atoms with Gasteiger partial charge in [-0.15, -0.1) is 11.3 Å². The van der Waals surface area contributed by atoms with Gasteiger partial charge in [-0.25, -0.2) is 4.98 Å². The van der Waals surface area contributed by atoms with E-state index in [1.165, 1.54) is 11.3 Å². The van der Waals surface area contributed by atoms with Gasteiger partial charge in [0, 0.05) is 29.6 Å². The number of furan rings is 1. The fourth-order valence-electron chi connectivity index (χ4n) is 3.18. The number of thiazole rings is 1. The van der Waals surface area contributed by atoms with Gasteiger partial charge >= 0.3 is 0 Å². The monoisotopic (exact) mass is 397 g/mol. The first-order chi connectivity index (χ1) is 13.6. The minimum atomic E-state index is -0.307. The van der Waals surface area contributed by atoms with Crippen LogP contribution >= 0.6 is 11.3 Å². The number of ether oxygens (including phenoxy) is 1. The van der Waals surface area contributed by atoms with Gasteiger partial charge in [-0.3, -0.25) is 9.59 Å². The second-order valence-electron chi connectivity index (χ2n) is 6.39. The van der Waals surface area contributed by atoms with Gasteiger partial charge in [-0.1, -0.05) is 0 Å². The summed E-state index contributed by atoms with van der Waals surface area (Å²) < 4.78 is 10.8. The molecule has 1 fully saturated rings. The van der Waals surface area contributed by atoms with Gasteiger partial charge < -0.3 is 19.4 Å². The van der Waals surface area contributed by atoms with Crippen molar-refractivity contribution in [3.8, 4) is 16.5 Å². The molecule has 7 nitrogen and oxygen atoms in total. The van der Waals surface area contributed by atoms with Crippen molar-refractivity contribution in [3.05, 3.63) is 47.2 Å². The maximum absolute atomic E-state index is 12.7. The molecule has 1 N–H and O–H groups in total. The predicted octanol–water partition coefficient (Wildman–Crippen LogP) is 4.10. The zero-order valence-electron chi connectivity index (χ0n) is 15.5. The van der Waals surface area contributed by atoms with Gasteiger partial charge in [0.15, 0.2) is 10.8 Å². The number of anilines is 2. The van der Waals surface area contributed by atoms with E-state index in [9.17, 15) is 9.59 Å². The summed E-state index contributed by atoms with van der Waals surface area (Å²) in [5.41, 5.74) is 1.64. The van der Waals surface area contributed by atoms with Gasteiger partial charge in [-0.05, 0) is 37.6 Å². The number of carbonyl (C=O) groups excluding carboxylic acids is 2. The van der Waals surface area contributed by atoms with Crippen molar-refractivity contribution in [2.24, 2.45) is 0 Å². The number of benzene rings is 1. The van der Waals surface area contributed by atoms with Crippen LogP contribution in [-0.4, -0.2) is 30.5 Å². The van der Waals surface area contributed by atoms with Crippen LogP contribution in [0.3, 0.4) is 0 Å². The molecule has 0 unspecified atom stereocenters. The number of hydrogen-bond donors (Lipinski definition) is 1. The van der Waals surface area contributed by atoms with Gasteiger partial charge in [-0.2, -0.15) is 0 Å². The van der Waals surface area contributed by atoms with Crippen LogP contribution in [0.15, 0.2) is 41.0 Å². The largest absolute Gasteiger partial charge is 0.494 e. The molecule has 2 amide bonds. The number of carbonyl (C=O) groups is 2. The van der Waals surface area contributed by atoms with E-state index in [4.69, 9.17) is 9.15 Å². The highest BCUT2D eigenvalue weighted by atomic mass is 32.1. The van der Waals surface area contributed by atoms with E-state index in [0.717, 1.165) is 11.3 Å². The summed E-state index contributed by atoms with van der Waals surface area (Å²) in [5.74, 6) is 0.949. The molecule has 0 bridgehead atoms. The third-order valence-electron chi connectivity index (χ3n) is 4.55. The van der Waals surface area contributed by atoms with Gasteiger partial charge in [0.2, 0.25) is 5.91 Å². The molecule has 8 heteroatoms. The van der Waals surface area contributed by atoms with Crippen LogP contribution in [0.2, 0.25) is 0 Å². The van der Waals surface area contributed by atoms with Crippen molar-refractivity contribution >= 4 is 34.5 Å². The summed E-state index contributed by atoms with van der Waals surface area (Å²) in [7, 11) is 1.55. The molecule has 0 spiro atoms. The summed E-state index contributed by atoms with van der Waals surface area (Å²) in [6.07, 6.45) is 2.95. The van der Waals surface area contributed by atoms with E-state index in [2.05, 4.69) is 10.3 Å². The van der Waals surface area contributed by atoms with Crippen LogP contribution in [-0.2, 0) is 4.79 Å². The smallest absolute Gasteiger partial charge is 0.275 e. The first-order valence-electron chi connectivity index (χ1n) is 8.88. The zero-order chi connectivity index (χ0) is 19.7. The van der Waals surface area contributed by atoms with Crippen LogP contribution in [0.25, 0.3) is 10.8 Å². The number of nitrogens with zero attached hydrogens (tertiary/aromatic N) is 2.